The highest BCUT2D eigenvalue weighted by molar-refractivity contribution is 8.23. The van der Waals surface area contributed by atoms with Gasteiger partial charge in [-0.25, -0.2) is 0 Å². The van der Waals surface area contributed by atoms with Gasteiger partial charge in [0.15, 0.2) is 6.19 Å². The fourth-order valence-corrected chi connectivity index (χ4v) is 5.98. The van der Waals surface area contributed by atoms with Crippen LogP contribution in [0.5, 0.6) is 0 Å². The van der Waals surface area contributed by atoms with Crippen LogP contribution >= 0.6 is 11.0 Å². The third-order valence-corrected chi connectivity index (χ3v) is 7.55. The minimum Gasteiger partial charge on any atom is -0.309 e. The molecule has 2 aliphatic heterocycles. The summed E-state index contributed by atoms with van der Waals surface area (Å²) in [6.45, 7) is 4.42. The molecule has 27 heavy (non-hydrogen) atoms. The van der Waals surface area contributed by atoms with E-state index in [2.05, 4.69) is 25.2 Å². The molecule has 0 radical (unpaired) electrons. The third-order valence-electron chi connectivity index (χ3n) is 5.48. The quantitative estimate of drug-likeness (QED) is 0.783. The monoisotopic (exact) mass is 384 g/mol. The van der Waals surface area contributed by atoms with Crippen LogP contribution in [-0.2, 0) is 0 Å². The van der Waals surface area contributed by atoms with E-state index in [0.717, 1.165) is 16.8 Å². The van der Waals surface area contributed by atoms with Crippen molar-refractivity contribution in [2.75, 3.05) is 30.5 Å². The van der Waals surface area contributed by atoms with Gasteiger partial charge in [0.25, 0.3) is 0 Å². The summed E-state index contributed by atoms with van der Waals surface area (Å²) in [7, 11) is -3.08. The van der Waals surface area contributed by atoms with E-state index in [0.29, 0.717) is 26.2 Å². The van der Waals surface area contributed by atoms with Crippen molar-refractivity contribution in [1.82, 2.24) is 9.21 Å². The van der Waals surface area contributed by atoms with Crippen LogP contribution in [0.2, 0.25) is 0 Å². The van der Waals surface area contributed by atoms with Gasteiger partial charge in [-0.05, 0) is 29.2 Å². The molecule has 7 heteroatoms. The first-order chi connectivity index (χ1) is 13.0. The molecule has 2 heterocycles. The van der Waals surface area contributed by atoms with Gasteiger partial charge in [-0.15, -0.1) is 0 Å². The number of rotatable bonds is 3. The van der Waals surface area contributed by atoms with Gasteiger partial charge < -0.3 is 4.90 Å². The van der Waals surface area contributed by atoms with E-state index in [1.165, 1.54) is 0 Å². The first-order valence-corrected chi connectivity index (χ1v) is 10.6. The molecule has 0 aliphatic carbocycles. The normalized spacial score (nSPS) is 26.1. The Hall–Kier alpha value is -2.24. The molecule has 2 fully saturated rings. The van der Waals surface area contributed by atoms with Crippen LogP contribution < -0.4 is 4.31 Å². The first-order valence-electron chi connectivity index (χ1n) is 9.13. The molecule has 0 aromatic heterocycles. The second-order valence-electron chi connectivity index (χ2n) is 7.20. The number of likely N-dealkylation sites (tertiary alicyclic amines) is 1. The Morgan fingerprint density at radius 1 is 0.963 bits per heavy atom. The first kappa shape index (κ1) is 18.1. The third kappa shape index (κ3) is 3.26. The highest BCUT2D eigenvalue weighted by atomic mass is 32.3. The maximum Gasteiger partial charge on any atom is 0.179 e. The molecule has 4 rings (SSSR count). The fourth-order valence-electron chi connectivity index (χ4n) is 4.04. The smallest absolute Gasteiger partial charge is 0.179 e. The van der Waals surface area contributed by atoms with Gasteiger partial charge in [-0.3, -0.25) is 13.4 Å². The number of nitrogens with zero attached hydrogens (tertiary/aromatic N) is 4. The topological polar surface area (TPSA) is 74.0 Å². The lowest BCUT2D eigenvalue weighted by Crippen LogP contribution is -2.40. The van der Waals surface area contributed by atoms with E-state index < -0.39 is 11.0 Å². The second-order valence-corrected chi connectivity index (χ2v) is 9.08. The summed E-state index contributed by atoms with van der Waals surface area (Å²) in [5, 5.41) is 9.15. The molecule has 0 spiro atoms. The Labute approximate surface area is 161 Å². The number of hydrogen-bond acceptors (Lipinski definition) is 6. The average molecular weight is 385 g/mol. The van der Waals surface area contributed by atoms with Gasteiger partial charge in [-0.1, -0.05) is 60.4 Å². The van der Waals surface area contributed by atoms with E-state index in [1.54, 1.807) is 13.5 Å². The molecule has 2 aromatic carbocycles. The van der Waals surface area contributed by atoms with Crippen molar-refractivity contribution >= 4 is 16.6 Å². The molecule has 2 N–H and O–H groups in total. The predicted molar refractivity (Wildman–Crippen MR) is 109 cm³/mol. The lowest BCUT2D eigenvalue weighted by atomic mass is 10.1. The number of hydrogen-bond donors (Lipinski definition) is 2. The summed E-state index contributed by atoms with van der Waals surface area (Å²) >= 11 is 0. The molecular formula is C20H24N4O2S. The minimum absolute atomic E-state index is 0.0248. The molecule has 142 valence electrons. The molecule has 2 saturated heterocycles. The fraction of sp³-hybridized carbons (Fsp3) is 0.350. The zero-order valence-electron chi connectivity index (χ0n) is 15.3. The minimum atomic E-state index is -3.08. The molecule has 0 amide bonds. The Morgan fingerprint density at radius 2 is 1.63 bits per heavy atom. The largest absolute Gasteiger partial charge is 0.309 e. The van der Waals surface area contributed by atoms with Crippen molar-refractivity contribution in [3.63, 3.8) is 0 Å². The maximum atomic E-state index is 11.0. The zero-order chi connectivity index (χ0) is 19.0. The average Bonchev–Trinajstić information content (AvgIpc) is 3.20. The van der Waals surface area contributed by atoms with Crippen molar-refractivity contribution in [3.8, 4) is 17.3 Å². The predicted octanol–water partition coefficient (Wildman–Crippen LogP) is 3.86. The van der Waals surface area contributed by atoms with Gasteiger partial charge >= 0.3 is 0 Å². The van der Waals surface area contributed by atoms with E-state index in [1.807, 2.05) is 42.5 Å². The summed E-state index contributed by atoms with van der Waals surface area (Å²) in [5.41, 5.74) is 3.04. The molecule has 6 nitrogen and oxygen atoms in total. The van der Waals surface area contributed by atoms with E-state index in [-0.39, 0.29) is 12.0 Å². The molecule has 2 aromatic rings. The van der Waals surface area contributed by atoms with Crippen LogP contribution in [0, 0.1) is 17.4 Å². The molecule has 0 unspecified atom stereocenters. The van der Waals surface area contributed by atoms with Gasteiger partial charge in [0.2, 0.25) is 0 Å². The maximum absolute atomic E-state index is 11.0. The van der Waals surface area contributed by atoms with E-state index >= 15 is 0 Å². The van der Waals surface area contributed by atoms with Gasteiger partial charge in [-0.2, -0.15) is 9.57 Å². The second kappa shape index (κ2) is 7.06. The van der Waals surface area contributed by atoms with Gasteiger partial charge in [0, 0.05) is 19.6 Å². The molecule has 0 bridgehead atoms. The summed E-state index contributed by atoms with van der Waals surface area (Å²) in [5.74, 6) is 0.219. The molecule has 2 atom stereocenters. The van der Waals surface area contributed by atoms with E-state index in [9.17, 15) is 9.11 Å². The standard InChI is InChI=1S/C20H24N4O2S/c1-16-13-22(15-21)14-20(16)24-12-11-23(27(24,25)26)19-9-7-18(8-10-19)17-5-3-2-4-6-17/h2-10,16,20,25-26H,11-14H2,1H3/t16-,20-/m0/s1. The summed E-state index contributed by atoms with van der Waals surface area (Å²) in [6, 6.07) is 18.0. The number of nitriles is 1. The van der Waals surface area contributed by atoms with Crippen LogP contribution in [0.25, 0.3) is 11.1 Å². The summed E-state index contributed by atoms with van der Waals surface area (Å²) < 4.78 is 25.5. The highest BCUT2D eigenvalue weighted by Gasteiger charge is 2.45. The number of benzene rings is 2. The lowest BCUT2D eigenvalue weighted by Gasteiger charge is -2.45. The SMILES string of the molecule is C[C@H]1CN(C#N)C[C@@H]1N1CCN(c2ccc(-c3ccccc3)cc2)S1(O)O. The molecule has 0 saturated carbocycles. The van der Waals surface area contributed by atoms with Crippen molar-refractivity contribution < 1.29 is 9.11 Å². The Morgan fingerprint density at radius 3 is 2.26 bits per heavy atom. The number of anilines is 1. The Kier molecular flexibility index (Phi) is 4.74. The van der Waals surface area contributed by atoms with Crippen LogP contribution in [0.1, 0.15) is 6.92 Å². The van der Waals surface area contributed by atoms with Gasteiger partial charge in [0.1, 0.15) is 0 Å². The van der Waals surface area contributed by atoms with Crippen LogP contribution in [-0.4, -0.2) is 50.5 Å². The summed E-state index contributed by atoms with van der Waals surface area (Å²) in [6.07, 6.45) is 2.18. The van der Waals surface area contributed by atoms with Crippen LogP contribution in [0.3, 0.4) is 0 Å². The van der Waals surface area contributed by atoms with Gasteiger partial charge in [0.05, 0.1) is 18.3 Å². The zero-order valence-corrected chi connectivity index (χ0v) is 16.1. The van der Waals surface area contributed by atoms with Crippen molar-refractivity contribution in [2.24, 2.45) is 5.92 Å². The van der Waals surface area contributed by atoms with Crippen molar-refractivity contribution in [2.45, 2.75) is 13.0 Å². The van der Waals surface area contributed by atoms with Crippen molar-refractivity contribution in [1.29, 1.82) is 5.26 Å². The van der Waals surface area contributed by atoms with Crippen LogP contribution in [0.15, 0.2) is 54.6 Å². The van der Waals surface area contributed by atoms with Crippen molar-refractivity contribution in [3.05, 3.63) is 54.6 Å². The lowest BCUT2D eigenvalue weighted by molar-refractivity contribution is 0.280. The van der Waals surface area contributed by atoms with Crippen LogP contribution in [0.4, 0.5) is 5.69 Å². The Bertz CT molecular complexity index is 837. The van der Waals surface area contributed by atoms with E-state index in [4.69, 9.17) is 5.26 Å². The molecular weight excluding hydrogens is 360 g/mol. The molecule has 2 aliphatic rings. The highest BCUT2D eigenvalue weighted by Crippen LogP contribution is 2.55. The summed E-state index contributed by atoms with van der Waals surface area (Å²) in [4.78, 5) is 1.70. The Balaban J connectivity index is 1.54.